The lowest BCUT2D eigenvalue weighted by Gasteiger charge is -2.34. The van der Waals surface area contributed by atoms with Crippen molar-refractivity contribution in [1.29, 1.82) is 0 Å². The number of aromatic nitrogens is 3. The highest BCUT2D eigenvalue weighted by Gasteiger charge is 2.39. The van der Waals surface area contributed by atoms with Crippen molar-refractivity contribution >= 4 is 40.8 Å². The van der Waals surface area contributed by atoms with Gasteiger partial charge < -0.3 is 19.2 Å². The van der Waals surface area contributed by atoms with Crippen LogP contribution in [0, 0.1) is 5.41 Å². The molecule has 0 unspecified atom stereocenters. The van der Waals surface area contributed by atoms with E-state index < -0.39 is 11.3 Å². The molecule has 190 valence electrons. The van der Waals surface area contributed by atoms with Gasteiger partial charge in [-0.25, -0.2) is 4.98 Å². The van der Waals surface area contributed by atoms with Crippen LogP contribution < -0.4 is 10.1 Å². The quantitative estimate of drug-likeness (QED) is 0.377. The van der Waals surface area contributed by atoms with E-state index in [1.54, 1.807) is 30.3 Å². The second-order valence-electron chi connectivity index (χ2n) is 8.85. The summed E-state index contributed by atoms with van der Waals surface area (Å²) in [6, 6.07) is 8.45. The molecule has 1 amide bonds. The van der Waals surface area contributed by atoms with E-state index in [1.807, 2.05) is 13.8 Å². The lowest BCUT2D eigenvalue weighted by Crippen LogP contribution is -2.37. The van der Waals surface area contributed by atoms with Crippen molar-refractivity contribution in [2.45, 2.75) is 52.1 Å². The van der Waals surface area contributed by atoms with Gasteiger partial charge in [0, 0.05) is 16.1 Å². The number of rotatable bonds is 8. The second-order valence-corrected chi connectivity index (χ2v) is 9.69. The van der Waals surface area contributed by atoms with Crippen molar-refractivity contribution in [1.82, 2.24) is 15.2 Å². The molecular weight excluding hydrogens is 507 g/mol. The van der Waals surface area contributed by atoms with E-state index >= 15 is 0 Å². The number of halogens is 2. The van der Waals surface area contributed by atoms with Crippen LogP contribution in [-0.2, 0) is 16.0 Å². The van der Waals surface area contributed by atoms with Gasteiger partial charge in [-0.05, 0) is 63.3 Å². The van der Waals surface area contributed by atoms with Crippen molar-refractivity contribution in [3.05, 3.63) is 63.9 Å². The molecule has 0 bridgehead atoms. The molecule has 0 spiro atoms. The molecule has 3 aromatic rings. The number of nitrogens with zero attached hydrogens (tertiary/aromatic N) is 3. The first-order valence-electron chi connectivity index (χ1n) is 11.6. The van der Waals surface area contributed by atoms with E-state index in [9.17, 15) is 9.59 Å². The molecule has 1 aromatic carbocycles. The van der Waals surface area contributed by atoms with Crippen LogP contribution in [0.3, 0.4) is 0 Å². The Labute approximate surface area is 218 Å². The smallest absolute Gasteiger partial charge is 0.313 e. The van der Waals surface area contributed by atoms with Gasteiger partial charge in [0.15, 0.2) is 0 Å². The maximum absolute atomic E-state index is 12.5. The van der Waals surface area contributed by atoms with Crippen LogP contribution in [0.5, 0.6) is 5.88 Å². The molecule has 2 heterocycles. The van der Waals surface area contributed by atoms with E-state index in [2.05, 4.69) is 20.5 Å². The average Bonchev–Trinajstić information content (AvgIpc) is 3.33. The van der Waals surface area contributed by atoms with E-state index in [0.717, 1.165) is 18.4 Å². The summed E-state index contributed by atoms with van der Waals surface area (Å²) < 4.78 is 16.6. The van der Waals surface area contributed by atoms with Gasteiger partial charge in [-0.3, -0.25) is 9.59 Å². The Bertz CT molecular complexity index is 1220. The van der Waals surface area contributed by atoms with Crippen LogP contribution in [0.15, 0.2) is 40.9 Å². The predicted octanol–water partition coefficient (Wildman–Crippen LogP) is 5.51. The number of nitrogens with one attached hydrogen (secondary N) is 1. The zero-order valence-electron chi connectivity index (χ0n) is 19.9. The lowest BCUT2D eigenvalue weighted by molar-refractivity contribution is -0.157. The molecule has 1 N–H and O–H groups in total. The summed E-state index contributed by atoms with van der Waals surface area (Å²) in [5.41, 5.74) is 0.735. The molecule has 1 fully saturated rings. The van der Waals surface area contributed by atoms with Crippen LogP contribution in [0.25, 0.3) is 0 Å². The average molecular weight is 533 g/mol. The Kier molecular flexibility index (Phi) is 8.11. The first-order chi connectivity index (χ1) is 17.3. The molecular formula is C25H26Cl2N4O5. The third kappa shape index (κ3) is 6.33. The topological polar surface area (TPSA) is 116 Å². The summed E-state index contributed by atoms with van der Waals surface area (Å²) in [5.74, 6) is -0.196. The normalized spacial score (nSPS) is 19.5. The molecule has 9 nitrogen and oxygen atoms in total. The number of ether oxygens (including phenoxy) is 2. The summed E-state index contributed by atoms with van der Waals surface area (Å²) in [6.45, 7) is 4.13. The van der Waals surface area contributed by atoms with Crippen LogP contribution in [0.1, 0.15) is 61.7 Å². The third-order valence-corrected chi connectivity index (χ3v) is 6.69. The number of esters is 1. The van der Waals surface area contributed by atoms with Gasteiger partial charge in [0.25, 0.3) is 0 Å². The summed E-state index contributed by atoms with van der Waals surface area (Å²) in [7, 11) is 0. The maximum Gasteiger partial charge on any atom is 0.313 e. The maximum atomic E-state index is 12.5. The van der Waals surface area contributed by atoms with Gasteiger partial charge >= 0.3 is 17.8 Å². The standard InChI is InChI=1S/C25H26Cl2N4O5/c1-3-34-24(33)25(2)10-8-18(9-11-25)35-20-7-6-17(14-28-20)29-22(32)23-31-30-21(36-23)12-15-4-5-16(26)13-19(15)27/h4-7,13-14,18H,3,8-12H2,1-2H3,(H,29,32). The largest absolute Gasteiger partial charge is 0.474 e. The van der Waals surface area contributed by atoms with Crippen molar-refractivity contribution in [2.75, 3.05) is 11.9 Å². The summed E-state index contributed by atoms with van der Waals surface area (Å²) in [6.07, 6.45) is 4.58. The Morgan fingerprint density at radius 2 is 1.94 bits per heavy atom. The summed E-state index contributed by atoms with van der Waals surface area (Å²) >= 11 is 12.1. The number of anilines is 1. The Hall–Kier alpha value is -3.17. The van der Waals surface area contributed by atoms with E-state index in [4.69, 9.17) is 37.1 Å². The van der Waals surface area contributed by atoms with Gasteiger partial charge in [0.05, 0.1) is 30.3 Å². The minimum atomic E-state index is -0.558. The number of amides is 1. The number of pyridine rings is 1. The minimum absolute atomic E-state index is 0.0357. The zero-order valence-corrected chi connectivity index (χ0v) is 21.4. The van der Waals surface area contributed by atoms with Gasteiger partial charge in [-0.2, -0.15) is 0 Å². The molecule has 0 aliphatic heterocycles. The van der Waals surface area contributed by atoms with Crippen molar-refractivity contribution in [2.24, 2.45) is 5.41 Å². The predicted molar refractivity (Wildman–Crippen MR) is 133 cm³/mol. The Morgan fingerprint density at radius 3 is 2.61 bits per heavy atom. The van der Waals surface area contributed by atoms with E-state index in [-0.39, 0.29) is 30.3 Å². The second kappa shape index (κ2) is 11.3. The van der Waals surface area contributed by atoms with Gasteiger partial charge in [-0.1, -0.05) is 29.3 Å². The first-order valence-corrected chi connectivity index (χ1v) is 12.4. The molecule has 1 saturated carbocycles. The highest BCUT2D eigenvalue weighted by molar-refractivity contribution is 6.35. The van der Waals surface area contributed by atoms with Gasteiger partial charge in [-0.15, -0.1) is 10.2 Å². The molecule has 2 aromatic heterocycles. The lowest BCUT2D eigenvalue weighted by atomic mass is 9.75. The van der Waals surface area contributed by atoms with Crippen molar-refractivity contribution < 1.29 is 23.5 Å². The number of carbonyl (C=O) groups is 2. The van der Waals surface area contributed by atoms with Crippen LogP contribution in [-0.4, -0.2) is 39.8 Å². The number of hydrogen-bond donors (Lipinski definition) is 1. The first kappa shape index (κ1) is 25.9. The SMILES string of the molecule is CCOC(=O)C1(C)CCC(Oc2ccc(NC(=O)c3nnc(Cc4ccc(Cl)cc4Cl)o3)cn2)CC1. The summed E-state index contributed by atoms with van der Waals surface area (Å²) in [4.78, 5) is 29.0. The van der Waals surface area contributed by atoms with E-state index in [0.29, 0.717) is 41.1 Å². The summed E-state index contributed by atoms with van der Waals surface area (Å²) in [5, 5.41) is 11.4. The third-order valence-electron chi connectivity index (χ3n) is 6.10. The highest BCUT2D eigenvalue weighted by atomic mass is 35.5. The molecule has 0 radical (unpaired) electrons. The fourth-order valence-corrected chi connectivity index (χ4v) is 4.46. The van der Waals surface area contributed by atoms with Gasteiger partial charge in [0.2, 0.25) is 11.8 Å². The number of benzene rings is 1. The number of carbonyl (C=O) groups excluding carboxylic acids is 2. The van der Waals surface area contributed by atoms with Crippen LogP contribution in [0.2, 0.25) is 10.0 Å². The van der Waals surface area contributed by atoms with Gasteiger partial charge in [0.1, 0.15) is 6.10 Å². The molecule has 0 atom stereocenters. The monoisotopic (exact) mass is 532 g/mol. The van der Waals surface area contributed by atoms with E-state index in [1.165, 1.54) is 6.20 Å². The highest BCUT2D eigenvalue weighted by Crippen LogP contribution is 2.38. The molecule has 1 aliphatic carbocycles. The zero-order chi connectivity index (χ0) is 25.7. The van der Waals surface area contributed by atoms with Crippen molar-refractivity contribution in [3.63, 3.8) is 0 Å². The minimum Gasteiger partial charge on any atom is -0.474 e. The molecule has 0 saturated heterocycles. The Balaban J connectivity index is 1.28. The fraction of sp³-hybridized carbons (Fsp3) is 0.400. The molecule has 11 heteroatoms. The molecule has 4 rings (SSSR count). The van der Waals surface area contributed by atoms with Crippen LogP contribution >= 0.6 is 23.2 Å². The van der Waals surface area contributed by atoms with Crippen molar-refractivity contribution in [3.8, 4) is 5.88 Å². The molecule has 1 aliphatic rings. The van der Waals surface area contributed by atoms with Crippen LogP contribution in [0.4, 0.5) is 5.69 Å². The Morgan fingerprint density at radius 1 is 1.17 bits per heavy atom. The number of hydrogen-bond acceptors (Lipinski definition) is 8. The molecule has 36 heavy (non-hydrogen) atoms. The fourth-order valence-electron chi connectivity index (χ4n) is 3.98.